The number of hydrogen-bond acceptors (Lipinski definition) is 6. The van der Waals surface area contributed by atoms with Crippen LogP contribution in [-0.4, -0.2) is 77.5 Å². The van der Waals surface area contributed by atoms with E-state index in [1.165, 1.54) is 12.8 Å². The molecule has 10 heteroatoms. The predicted molar refractivity (Wildman–Crippen MR) is 125 cm³/mol. The first-order valence-corrected chi connectivity index (χ1v) is 12.9. The van der Waals surface area contributed by atoms with Gasteiger partial charge in [0.1, 0.15) is 16.9 Å². The molecular weight excluding hydrogens is 444 g/mol. The van der Waals surface area contributed by atoms with Crippen LogP contribution in [0.4, 0.5) is 4.79 Å². The average molecular weight is 475 g/mol. The molecule has 0 radical (unpaired) electrons. The van der Waals surface area contributed by atoms with E-state index in [9.17, 15) is 9.90 Å². The molecule has 0 unspecified atom stereocenters. The number of aliphatic hydroxyl groups is 1. The van der Waals surface area contributed by atoms with Crippen molar-refractivity contribution in [1.82, 2.24) is 40.2 Å². The van der Waals surface area contributed by atoms with E-state index in [0.717, 1.165) is 80.8 Å². The third kappa shape index (κ3) is 3.08. The number of aromatic nitrogens is 6. The minimum atomic E-state index is -0.781. The van der Waals surface area contributed by atoms with E-state index in [4.69, 9.17) is 4.98 Å². The minimum absolute atomic E-state index is 0.220. The first-order chi connectivity index (χ1) is 16.9. The van der Waals surface area contributed by atoms with Crippen LogP contribution in [0, 0.1) is 16.7 Å². The molecule has 0 bridgehead atoms. The molecule has 8 rings (SSSR count). The fourth-order valence-electron chi connectivity index (χ4n) is 7.29. The highest BCUT2D eigenvalue weighted by Crippen LogP contribution is 2.57. The Hall–Kier alpha value is -3.01. The van der Waals surface area contributed by atoms with Crippen molar-refractivity contribution in [2.75, 3.05) is 26.2 Å². The summed E-state index contributed by atoms with van der Waals surface area (Å²) < 4.78 is 0. The van der Waals surface area contributed by atoms with E-state index in [1.54, 1.807) is 6.20 Å². The summed E-state index contributed by atoms with van der Waals surface area (Å²) in [7, 11) is 0. The molecule has 3 N–H and O–H groups in total. The lowest BCUT2D eigenvalue weighted by atomic mass is 9.56. The number of amides is 2. The monoisotopic (exact) mass is 474 g/mol. The fourth-order valence-corrected chi connectivity index (χ4v) is 7.29. The van der Waals surface area contributed by atoms with Gasteiger partial charge in [0.15, 0.2) is 5.82 Å². The van der Waals surface area contributed by atoms with Crippen LogP contribution in [0.5, 0.6) is 0 Å². The van der Waals surface area contributed by atoms with Crippen molar-refractivity contribution in [2.24, 2.45) is 16.7 Å². The molecule has 5 fully saturated rings. The third-order valence-electron chi connectivity index (χ3n) is 9.33. The standard InChI is InChI=1S/C25H30N8O2/c34-22(33-13-24(14-33)8-16(9-24)20-28-21(31-30-20)25(35)3-4-25)32-11-23(12-32)6-15(7-23)5-17-1-2-18-19(27-17)10-26-29-18/h1-2,10,15-16,35H,3-9,11-14H2,(H,26,29)(H,28,30,31). The summed E-state index contributed by atoms with van der Waals surface area (Å²) in [4.78, 5) is 26.3. The molecule has 5 aliphatic rings. The van der Waals surface area contributed by atoms with Gasteiger partial charge in [-0.15, -0.1) is 0 Å². The van der Waals surface area contributed by atoms with Crippen LogP contribution in [0.3, 0.4) is 0 Å². The quantitative estimate of drug-likeness (QED) is 0.533. The second kappa shape index (κ2) is 6.60. The second-order valence-electron chi connectivity index (χ2n) is 12.3. The molecule has 35 heavy (non-hydrogen) atoms. The van der Waals surface area contributed by atoms with E-state index in [0.29, 0.717) is 23.1 Å². The number of nitrogens with one attached hydrogen (secondary N) is 2. The van der Waals surface area contributed by atoms with Gasteiger partial charge in [-0.25, -0.2) is 14.8 Å². The number of nitrogens with zero attached hydrogens (tertiary/aromatic N) is 6. The van der Waals surface area contributed by atoms with Crippen molar-refractivity contribution in [3.8, 4) is 0 Å². The number of hydrogen-bond donors (Lipinski definition) is 3. The maximum Gasteiger partial charge on any atom is 0.320 e. The van der Waals surface area contributed by atoms with Gasteiger partial charge in [-0.05, 0) is 63.0 Å². The maximum absolute atomic E-state index is 13.0. The minimum Gasteiger partial charge on any atom is -0.382 e. The van der Waals surface area contributed by atoms with Gasteiger partial charge >= 0.3 is 6.03 Å². The van der Waals surface area contributed by atoms with E-state index >= 15 is 0 Å². The van der Waals surface area contributed by atoms with Crippen molar-refractivity contribution in [1.29, 1.82) is 0 Å². The van der Waals surface area contributed by atoms with Gasteiger partial charge in [0.2, 0.25) is 0 Å². The van der Waals surface area contributed by atoms with Crippen LogP contribution < -0.4 is 0 Å². The molecule has 10 nitrogen and oxygen atoms in total. The summed E-state index contributed by atoms with van der Waals surface area (Å²) in [5, 5.41) is 24.5. The lowest BCUT2D eigenvalue weighted by molar-refractivity contribution is -0.100. The van der Waals surface area contributed by atoms with Gasteiger partial charge in [0.05, 0.1) is 11.7 Å². The molecule has 3 aromatic heterocycles. The Morgan fingerprint density at radius 1 is 1.00 bits per heavy atom. The van der Waals surface area contributed by atoms with Gasteiger partial charge in [-0.3, -0.25) is 10.2 Å². The normalized spacial score (nSPS) is 25.9. The lowest BCUT2D eigenvalue weighted by Gasteiger charge is -2.63. The summed E-state index contributed by atoms with van der Waals surface area (Å²) in [6.45, 7) is 3.54. The van der Waals surface area contributed by atoms with Crippen LogP contribution >= 0.6 is 0 Å². The van der Waals surface area contributed by atoms with E-state index in [2.05, 4.69) is 37.5 Å². The van der Waals surface area contributed by atoms with E-state index in [1.807, 2.05) is 9.80 Å². The van der Waals surface area contributed by atoms with E-state index in [-0.39, 0.29) is 11.4 Å². The first kappa shape index (κ1) is 20.2. The predicted octanol–water partition coefficient (Wildman–Crippen LogP) is 2.31. The Balaban J connectivity index is 0.796. The first-order valence-electron chi connectivity index (χ1n) is 12.9. The Kier molecular flexibility index (Phi) is 3.81. The second-order valence-corrected chi connectivity index (χ2v) is 12.3. The molecule has 2 amide bonds. The van der Waals surface area contributed by atoms with Crippen LogP contribution in [0.2, 0.25) is 0 Å². The molecule has 2 spiro atoms. The van der Waals surface area contributed by atoms with Gasteiger partial charge in [-0.2, -0.15) is 10.2 Å². The van der Waals surface area contributed by atoms with Gasteiger partial charge in [-0.1, -0.05) is 0 Å². The summed E-state index contributed by atoms with van der Waals surface area (Å²) in [6.07, 6.45) is 8.80. The van der Waals surface area contributed by atoms with Crippen LogP contribution in [0.15, 0.2) is 18.3 Å². The highest BCUT2D eigenvalue weighted by atomic mass is 16.3. The number of rotatable bonds is 4. The van der Waals surface area contributed by atoms with Crippen molar-refractivity contribution < 1.29 is 9.90 Å². The molecule has 5 heterocycles. The number of H-pyrrole nitrogens is 2. The van der Waals surface area contributed by atoms with Crippen molar-refractivity contribution >= 4 is 17.1 Å². The SMILES string of the molecule is O=C(N1CC2(CC(Cc3ccc4[nH]ncc4n3)C2)C1)N1CC2(CC(c3nc(C4(O)CC4)n[nH]3)C2)C1. The molecular formula is C25H30N8O2. The number of pyridine rings is 1. The number of carbonyl (C=O) groups is 1. The van der Waals surface area contributed by atoms with Gasteiger partial charge in [0.25, 0.3) is 0 Å². The van der Waals surface area contributed by atoms with Crippen LogP contribution in [-0.2, 0) is 12.0 Å². The third-order valence-corrected chi connectivity index (χ3v) is 9.33. The molecule has 2 saturated heterocycles. The number of urea groups is 1. The maximum atomic E-state index is 13.0. The zero-order valence-corrected chi connectivity index (χ0v) is 19.7. The Bertz CT molecular complexity index is 1310. The topological polar surface area (TPSA) is 127 Å². The highest BCUT2D eigenvalue weighted by Gasteiger charge is 2.59. The number of carbonyl (C=O) groups excluding carboxylic acids is 1. The molecule has 3 saturated carbocycles. The van der Waals surface area contributed by atoms with Gasteiger partial charge in [0, 0.05) is 48.6 Å². The highest BCUT2D eigenvalue weighted by molar-refractivity contribution is 5.77. The zero-order valence-electron chi connectivity index (χ0n) is 19.7. The molecule has 182 valence electrons. The van der Waals surface area contributed by atoms with Crippen molar-refractivity contribution in [3.05, 3.63) is 35.7 Å². The molecule has 0 aromatic carbocycles. The van der Waals surface area contributed by atoms with Crippen LogP contribution in [0.25, 0.3) is 11.0 Å². The molecule has 0 atom stereocenters. The summed E-state index contributed by atoms with van der Waals surface area (Å²) >= 11 is 0. The van der Waals surface area contributed by atoms with E-state index < -0.39 is 5.60 Å². The Morgan fingerprint density at radius 2 is 1.71 bits per heavy atom. The summed E-state index contributed by atoms with van der Waals surface area (Å²) in [5.74, 6) is 2.50. The van der Waals surface area contributed by atoms with Crippen molar-refractivity contribution in [2.45, 2.75) is 56.5 Å². The molecule has 3 aromatic rings. The Morgan fingerprint density at radius 3 is 2.43 bits per heavy atom. The smallest absolute Gasteiger partial charge is 0.320 e. The molecule has 2 aliphatic heterocycles. The average Bonchev–Trinajstić information content (AvgIpc) is 3.13. The van der Waals surface area contributed by atoms with Crippen molar-refractivity contribution in [3.63, 3.8) is 0 Å². The largest absolute Gasteiger partial charge is 0.382 e. The molecule has 3 aliphatic carbocycles. The number of fused-ring (bicyclic) bond motifs is 1. The van der Waals surface area contributed by atoms with Gasteiger partial charge < -0.3 is 14.9 Å². The number of aromatic amines is 2. The Labute approximate surface area is 202 Å². The summed E-state index contributed by atoms with van der Waals surface area (Å²) in [5.41, 5.74) is 2.88. The number of likely N-dealkylation sites (tertiary alicyclic amines) is 2. The lowest BCUT2D eigenvalue weighted by Crippen LogP contribution is -2.71. The van der Waals surface area contributed by atoms with Crippen LogP contribution in [0.1, 0.15) is 61.8 Å². The summed E-state index contributed by atoms with van der Waals surface area (Å²) in [6, 6.07) is 4.39. The zero-order chi connectivity index (χ0) is 23.4. The fraction of sp³-hybridized carbons (Fsp3) is 0.640.